The molecule has 0 aliphatic carbocycles. The van der Waals surface area contributed by atoms with Crippen LogP contribution in [-0.4, -0.2) is 24.8 Å². The van der Waals surface area contributed by atoms with Crippen molar-refractivity contribution in [1.82, 2.24) is 0 Å². The van der Waals surface area contributed by atoms with E-state index in [4.69, 9.17) is 5.73 Å². The Kier molecular flexibility index (Phi) is 2.49. The average molecular weight is 98.0 g/mol. The van der Waals surface area contributed by atoms with Gasteiger partial charge in [-0.3, -0.25) is 5.73 Å². The molecular formula is C4H11BN2. The molecule has 0 spiro atoms. The summed E-state index contributed by atoms with van der Waals surface area (Å²) in [7, 11) is 3.82. The summed E-state index contributed by atoms with van der Waals surface area (Å²) in [5.41, 5.74) is 5.36. The minimum Gasteiger partial charge on any atom is -0.524 e. The molecule has 0 saturated heterocycles. The van der Waals surface area contributed by atoms with Gasteiger partial charge in [-0.2, -0.15) is 0 Å². The summed E-state index contributed by atoms with van der Waals surface area (Å²) in [6, 6.07) is 0. The van der Waals surface area contributed by atoms with Crippen molar-refractivity contribution in [2.45, 2.75) is 13.7 Å². The van der Waals surface area contributed by atoms with E-state index in [9.17, 15) is 0 Å². The van der Waals surface area contributed by atoms with Gasteiger partial charge in [-0.15, -0.1) is 0 Å². The molecule has 40 valence electrons. The van der Waals surface area contributed by atoms with Crippen LogP contribution in [0.4, 0.5) is 0 Å². The first-order valence-electron chi connectivity index (χ1n) is 2.30. The second-order valence-electron chi connectivity index (χ2n) is 1.51. The van der Waals surface area contributed by atoms with Crippen LogP contribution < -0.4 is 5.73 Å². The van der Waals surface area contributed by atoms with Crippen LogP contribution in [0.1, 0.15) is 6.92 Å². The highest BCUT2D eigenvalue weighted by atomic mass is 14.9. The summed E-state index contributed by atoms with van der Waals surface area (Å²) in [5.74, 6) is 0.822. The molecule has 0 aromatic heterocycles. The summed E-state index contributed by atoms with van der Waals surface area (Å²) in [6.07, 6.45) is 0. The van der Waals surface area contributed by atoms with E-state index in [2.05, 4.69) is 0 Å². The Morgan fingerprint density at radius 2 is 2.14 bits per heavy atom. The molecule has 2 N–H and O–H groups in total. The molecule has 0 aliphatic rings. The van der Waals surface area contributed by atoms with Crippen LogP contribution in [0.5, 0.6) is 0 Å². The third-order valence-electron chi connectivity index (χ3n) is 0.944. The van der Waals surface area contributed by atoms with Crippen LogP contribution >= 0.6 is 0 Å². The summed E-state index contributed by atoms with van der Waals surface area (Å²) in [5, 5.41) is 0. The van der Waals surface area contributed by atoms with Gasteiger partial charge in [0.1, 0.15) is 0 Å². The van der Waals surface area contributed by atoms with Gasteiger partial charge < -0.3 is 4.49 Å². The Hall–Kier alpha value is -0.465. The molecule has 0 bridgehead atoms. The number of hydrogen-bond donors (Lipinski definition) is 1. The normalized spacial score (nSPS) is 13.6. The van der Waals surface area contributed by atoms with Gasteiger partial charge in [0.05, 0.1) is 0 Å². The van der Waals surface area contributed by atoms with Gasteiger partial charge in [0.15, 0.2) is 5.84 Å². The maximum atomic E-state index is 5.36. The molecule has 2 nitrogen and oxygen atoms in total. The highest BCUT2D eigenvalue weighted by Crippen LogP contribution is 1.61. The molecule has 0 amide bonds. The van der Waals surface area contributed by atoms with Crippen LogP contribution in [0.3, 0.4) is 0 Å². The first-order valence-corrected chi connectivity index (χ1v) is 2.30. The first kappa shape index (κ1) is 6.53. The van der Waals surface area contributed by atoms with Crippen LogP contribution in [0.15, 0.2) is 0 Å². The van der Waals surface area contributed by atoms with Gasteiger partial charge in [0.25, 0.3) is 0 Å². The van der Waals surface area contributed by atoms with Crippen LogP contribution in [0, 0.1) is 0 Å². The van der Waals surface area contributed by atoms with E-state index in [0.717, 1.165) is 5.84 Å². The fourth-order valence-corrected chi connectivity index (χ4v) is 0.204. The highest BCUT2D eigenvalue weighted by molar-refractivity contribution is 6.24. The lowest BCUT2D eigenvalue weighted by Crippen LogP contribution is -2.23. The number of amidine groups is 1. The maximum Gasteiger partial charge on any atom is 0.187 e. The molecule has 2 radical (unpaired) electrons. The molecule has 0 heterocycles. The Morgan fingerprint density at radius 3 is 2.14 bits per heavy atom. The van der Waals surface area contributed by atoms with Gasteiger partial charge in [0.2, 0.25) is 0 Å². The van der Waals surface area contributed by atoms with E-state index in [-0.39, 0.29) is 0 Å². The average Bonchev–Trinajstić information content (AvgIpc) is 1.65. The summed E-state index contributed by atoms with van der Waals surface area (Å²) < 4.78 is 1.86. The molecule has 7 heavy (non-hydrogen) atoms. The van der Waals surface area contributed by atoms with Crippen LogP contribution in [-0.2, 0) is 0 Å². The molecular weight excluding hydrogens is 86.9 g/mol. The topological polar surface area (TPSA) is 29.0 Å². The van der Waals surface area contributed by atoms with E-state index in [1.165, 1.54) is 0 Å². The van der Waals surface area contributed by atoms with E-state index >= 15 is 0 Å². The molecule has 0 aromatic carbocycles. The highest BCUT2D eigenvalue weighted by Gasteiger charge is 1.77. The lowest BCUT2D eigenvalue weighted by atomic mass is 10.00. The smallest absolute Gasteiger partial charge is 0.187 e. The van der Waals surface area contributed by atoms with Gasteiger partial charge in [-0.05, 0) is 0 Å². The van der Waals surface area contributed by atoms with Crippen LogP contribution in [0.2, 0.25) is 6.82 Å². The summed E-state index contributed by atoms with van der Waals surface area (Å²) >= 11 is 0. The molecule has 0 unspecified atom stereocenters. The molecule has 0 fully saturated rings. The number of hydrogen-bond acceptors (Lipinski definition) is 0. The fourth-order valence-electron chi connectivity index (χ4n) is 0.204. The van der Waals surface area contributed by atoms with E-state index in [1.54, 1.807) is 0 Å². The summed E-state index contributed by atoms with van der Waals surface area (Å²) in [4.78, 5) is 0. The van der Waals surface area contributed by atoms with Crippen molar-refractivity contribution in [1.29, 1.82) is 0 Å². The first-order chi connectivity index (χ1) is 3.18. The van der Waals surface area contributed by atoms with Gasteiger partial charge in [0, 0.05) is 14.0 Å². The minimum absolute atomic E-state index is 0.822. The third kappa shape index (κ3) is 2.26. The zero-order chi connectivity index (χ0) is 5.86. The molecule has 0 saturated carbocycles. The zero-order valence-corrected chi connectivity index (χ0v) is 5.10. The van der Waals surface area contributed by atoms with Gasteiger partial charge >= 0.3 is 0 Å². The zero-order valence-electron chi connectivity index (χ0n) is 5.10. The van der Waals surface area contributed by atoms with Crippen molar-refractivity contribution in [3.63, 3.8) is 0 Å². The lowest BCUT2D eigenvalue weighted by Gasteiger charge is -2.08. The van der Waals surface area contributed by atoms with Crippen molar-refractivity contribution in [3.05, 3.63) is 0 Å². The largest absolute Gasteiger partial charge is 0.524 e. The Bertz CT molecular complexity index is 83.7. The molecule has 0 aliphatic heterocycles. The lowest BCUT2D eigenvalue weighted by molar-refractivity contribution is -0.344. The van der Waals surface area contributed by atoms with Crippen molar-refractivity contribution in [2.24, 2.45) is 5.73 Å². The molecule has 0 atom stereocenters. The standard InChI is InChI=1S/C4H11BN2/c1-4(6)7(3)5-2/h6H2,1-3H3/b7-4+. The second kappa shape index (κ2) is 2.67. The third-order valence-corrected chi connectivity index (χ3v) is 0.944. The molecule has 0 rings (SSSR count). The Labute approximate surface area is 45.3 Å². The Balaban J connectivity index is 3.72. The Morgan fingerprint density at radius 1 is 1.71 bits per heavy atom. The van der Waals surface area contributed by atoms with Crippen LogP contribution in [0.25, 0.3) is 0 Å². The van der Waals surface area contributed by atoms with Crippen molar-refractivity contribution in [3.8, 4) is 0 Å². The summed E-state index contributed by atoms with van der Waals surface area (Å²) in [6.45, 7) is 3.80. The van der Waals surface area contributed by atoms with Gasteiger partial charge in [-0.1, -0.05) is 7.41 Å². The number of nitrogens with two attached hydrogens (primary N) is 1. The van der Waals surface area contributed by atoms with Crippen molar-refractivity contribution in [2.75, 3.05) is 7.05 Å². The predicted molar refractivity (Wildman–Crippen MR) is 32.7 cm³/mol. The monoisotopic (exact) mass is 98.1 g/mol. The number of nitrogens with zero attached hydrogens (tertiary/aromatic N) is 1. The minimum atomic E-state index is 0.822. The van der Waals surface area contributed by atoms with Gasteiger partial charge in [-0.25, -0.2) is 6.82 Å². The van der Waals surface area contributed by atoms with E-state index in [1.807, 2.05) is 32.7 Å². The molecule has 0 aromatic rings. The number of rotatable bonds is 1. The van der Waals surface area contributed by atoms with Crippen molar-refractivity contribution < 1.29 is 4.49 Å². The van der Waals surface area contributed by atoms with Crippen molar-refractivity contribution >= 4 is 13.3 Å². The quantitative estimate of drug-likeness (QED) is 0.271. The molecule has 3 heteroatoms. The SMILES string of the molecule is C[B-]/[N+](C)=C(\C)N. The second-order valence-corrected chi connectivity index (χ2v) is 1.51. The predicted octanol–water partition coefficient (Wildman–Crippen LogP) is -0.327. The van der Waals surface area contributed by atoms with E-state index < -0.39 is 0 Å². The maximum absolute atomic E-state index is 5.36. The van der Waals surface area contributed by atoms with E-state index in [0.29, 0.717) is 0 Å². The fraction of sp³-hybridized carbons (Fsp3) is 0.750.